The fraction of sp³-hybridized carbons (Fsp3) is 0.0545. The molecule has 11 rings (SSSR count). The van der Waals surface area contributed by atoms with Gasteiger partial charge in [-0.1, -0.05) is 134 Å². The normalized spacial score (nSPS) is 15.8. The number of benzene rings is 8. The van der Waals surface area contributed by atoms with E-state index in [0.717, 1.165) is 12.2 Å². The summed E-state index contributed by atoms with van der Waals surface area (Å²) in [6.07, 6.45) is 7.07. The standard InChI is InChI=1S/C55H41N3/c1-38-34-39(16-15-33-56(43-17-5-2-6-18-43)51-25-13-11-23-46(38)51)40-27-31-54-49(36-40)50-37-42(29-32-55(50)58(54)45-21-9-4-10-22-45)41-28-30-53-48(35-41)47-24-12-14-26-52(47)57(53)44-19-7-3-8-20-44/h2-32,34-38H,33H2,1H3/b16-15-,39-34+. The van der Waals surface area contributed by atoms with Crippen LogP contribution in [0.4, 0.5) is 11.4 Å². The molecule has 8 aromatic carbocycles. The van der Waals surface area contributed by atoms with Gasteiger partial charge in [-0.2, -0.15) is 0 Å². The third-order valence-electron chi connectivity index (χ3n) is 11.9. The van der Waals surface area contributed by atoms with Crippen molar-refractivity contribution in [2.24, 2.45) is 0 Å². The summed E-state index contributed by atoms with van der Waals surface area (Å²) in [7, 11) is 0. The van der Waals surface area contributed by atoms with Crippen LogP contribution in [0.1, 0.15) is 24.0 Å². The summed E-state index contributed by atoms with van der Waals surface area (Å²) < 4.78 is 4.80. The molecule has 58 heavy (non-hydrogen) atoms. The van der Waals surface area contributed by atoms with Crippen LogP contribution in [0.3, 0.4) is 0 Å². The molecule has 1 aliphatic heterocycles. The van der Waals surface area contributed by atoms with Gasteiger partial charge in [0.25, 0.3) is 0 Å². The molecular weight excluding hydrogens is 703 g/mol. The summed E-state index contributed by atoms with van der Waals surface area (Å²) in [4.78, 5) is 2.42. The second-order valence-corrected chi connectivity index (χ2v) is 15.4. The van der Waals surface area contributed by atoms with Crippen molar-refractivity contribution < 1.29 is 0 Å². The monoisotopic (exact) mass is 743 g/mol. The van der Waals surface area contributed by atoms with Crippen LogP contribution in [0.25, 0.3) is 71.7 Å². The topological polar surface area (TPSA) is 13.1 Å². The van der Waals surface area contributed by atoms with Crippen molar-refractivity contribution in [1.29, 1.82) is 0 Å². The lowest BCUT2D eigenvalue weighted by Gasteiger charge is -2.27. The molecule has 1 atom stereocenters. The largest absolute Gasteiger partial charge is 0.337 e. The molecule has 0 amide bonds. The number of hydrogen-bond donors (Lipinski definition) is 0. The van der Waals surface area contributed by atoms with Gasteiger partial charge in [-0.25, -0.2) is 0 Å². The molecular formula is C55H41N3. The van der Waals surface area contributed by atoms with Crippen LogP contribution in [0.15, 0.2) is 212 Å². The molecule has 0 spiro atoms. The average molecular weight is 744 g/mol. The van der Waals surface area contributed by atoms with Gasteiger partial charge >= 0.3 is 0 Å². The van der Waals surface area contributed by atoms with Gasteiger partial charge < -0.3 is 14.0 Å². The quantitative estimate of drug-likeness (QED) is 0.171. The molecule has 1 aliphatic rings. The van der Waals surface area contributed by atoms with Crippen LogP contribution in [0, 0.1) is 0 Å². The maximum atomic E-state index is 2.44. The molecule has 0 fully saturated rings. The van der Waals surface area contributed by atoms with Crippen LogP contribution in [-0.2, 0) is 0 Å². The molecule has 3 heterocycles. The number of anilines is 2. The third kappa shape index (κ3) is 5.66. The van der Waals surface area contributed by atoms with E-state index in [4.69, 9.17) is 0 Å². The third-order valence-corrected chi connectivity index (χ3v) is 11.9. The van der Waals surface area contributed by atoms with E-state index in [1.807, 2.05) is 0 Å². The number of para-hydroxylation sites is 5. The molecule has 0 bridgehead atoms. The Labute approximate surface area is 338 Å². The number of rotatable bonds is 5. The van der Waals surface area contributed by atoms with Gasteiger partial charge in [0.2, 0.25) is 0 Å². The Morgan fingerprint density at radius 3 is 1.50 bits per heavy atom. The zero-order valence-corrected chi connectivity index (χ0v) is 32.3. The highest BCUT2D eigenvalue weighted by molar-refractivity contribution is 6.13. The van der Waals surface area contributed by atoms with Crippen molar-refractivity contribution in [3.05, 3.63) is 223 Å². The first-order valence-electron chi connectivity index (χ1n) is 20.2. The highest BCUT2D eigenvalue weighted by Crippen LogP contribution is 2.41. The number of nitrogens with zero attached hydrogens (tertiary/aromatic N) is 3. The number of allylic oxidation sites excluding steroid dienone is 3. The fourth-order valence-electron chi connectivity index (χ4n) is 9.21. The lowest BCUT2D eigenvalue weighted by molar-refractivity contribution is 0.952. The van der Waals surface area contributed by atoms with Gasteiger partial charge in [0.1, 0.15) is 0 Å². The van der Waals surface area contributed by atoms with E-state index in [9.17, 15) is 0 Å². The van der Waals surface area contributed by atoms with Crippen molar-refractivity contribution in [3.8, 4) is 22.5 Å². The minimum absolute atomic E-state index is 0.205. The number of aromatic nitrogens is 2. The lowest BCUT2D eigenvalue weighted by atomic mass is 9.93. The Kier molecular flexibility index (Phi) is 8.18. The Hall–Kier alpha value is -7.36. The van der Waals surface area contributed by atoms with E-state index in [0.29, 0.717) is 0 Å². The Morgan fingerprint density at radius 2 is 0.879 bits per heavy atom. The summed E-state index contributed by atoms with van der Waals surface area (Å²) in [6, 6.07) is 70.8. The van der Waals surface area contributed by atoms with E-state index >= 15 is 0 Å². The van der Waals surface area contributed by atoms with Crippen molar-refractivity contribution in [2.75, 3.05) is 11.4 Å². The van der Waals surface area contributed by atoms with Crippen molar-refractivity contribution in [2.45, 2.75) is 12.8 Å². The molecule has 0 radical (unpaired) electrons. The van der Waals surface area contributed by atoms with Gasteiger partial charge in [-0.3, -0.25) is 0 Å². The molecule has 10 aromatic rings. The van der Waals surface area contributed by atoms with Crippen LogP contribution >= 0.6 is 0 Å². The number of hydrogen-bond acceptors (Lipinski definition) is 1. The first kappa shape index (κ1) is 33.9. The van der Waals surface area contributed by atoms with Crippen LogP contribution in [0.2, 0.25) is 0 Å². The maximum Gasteiger partial charge on any atom is 0.0541 e. The van der Waals surface area contributed by atoms with Crippen molar-refractivity contribution in [1.82, 2.24) is 9.13 Å². The van der Waals surface area contributed by atoms with Crippen LogP contribution in [-0.4, -0.2) is 15.7 Å². The van der Waals surface area contributed by atoms with Crippen LogP contribution in [0.5, 0.6) is 0 Å². The molecule has 2 aromatic heterocycles. The summed E-state index contributed by atoms with van der Waals surface area (Å²) in [5.74, 6) is 0.205. The van der Waals surface area contributed by atoms with Gasteiger partial charge in [0, 0.05) is 56.8 Å². The molecule has 276 valence electrons. The molecule has 0 aliphatic carbocycles. The fourth-order valence-corrected chi connectivity index (χ4v) is 9.21. The smallest absolute Gasteiger partial charge is 0.0541 e. The van der Waals surface area contributed by atoms with Gasteiger partial charge in [-0.05, 0) is 113 Å². The molecule has 1 unspecified atom stereocenters. The molecule has 0 N–H and O–H groups in total. The predicted octanol–water partition coefficient (Wildman–Crippen LogP) is 14.4. The molecule has 3 heteroatoms. The highest BCUT2D eigenvalue weighted by atomic mass is 15.1. The lowest BCUT2D eigenvalue weighted by Crippen LogP contribution is -2.18. The summed E-state index contributed by atoms with van der Waals surface area (Å²) in [5, 5.41) is 5.00. The van der Waals surface area contributed by atoms with Gasteiger partial charge in [-0.15, -0.1) is 0 Å². The average Bonchev–Trinajstić information content (AvgIpc) is 3.81. The Balaban J connectivity index is 1.07. The summed E-state index contributed by atoms with van der Waals surface area (Å²) >= 11 is 0. The SMILES string of the molecule is CC1/C=C(c2ccc3c(c2)c2cc(-c4ccc5c(c4)c4ccccc4n5-c4ccccc4)ccc2n3-c2ccccc2)\C=C/CN(c2ccccc2)c2ccccc21. The first-order chi connectivity index (χ1) is 28.7. The highest BCUT2D eigenvalue weighted by Gasteiger charge is 2.20. The van der Waals surface area contributed by atoms with Crippen molar-refractivity contribution in [3.63, 3.8) is 0 Å². The Morgan fingerprint density at radius 1 is 0.414 bits per heavy atom. The zero-order valence-electron chi connectivity index (χ0n) is 32.3. The van der Waals surface area contributed by atoms with E-state index in [2.05, 4.69) is 233 Å². The summed E-state index contributed by atoms with van der Waals surface area (Å²) in [5.41, 5.74) is 15.8. The second kappa shape index (κ2) is 14.0. The minimum Gasteiger partial charge on any atom is -0.337 e. The zero-order chi connectivity index (χ0) is 38.6. The molecule has 3 nitrogen and oxygen atoms in total. The minimum atomic E-state index is 0.205. The summed E-state index contributed by atoms with van der Waals surface area (Å²) in [6.45, 7) is 3.10. The van der Waals surface area contributed by atoms with E-state index in [1.54, 1.807) is 0 Å². The van der Waals surface area contributed by atoms with E-state index in [1.165, 1.54) is 88.5 Å². The van der Waals surface area contributed by atoms with Gasteiger partial charge in [0.05, 0.1) is 22.1 Å². The van der Waals surface area contributed by atoms with E-state index < -0.39 is 0 Å². The first-order valence-corrected chi connectivity index (χ1v) is 20.2. The molecule has 0 saturated carbocycles. The second-order valence-electron chi connectivity index (χ2n) is 15.4. The van der Waals surface area contributed by atoms with Crippen LogP contribution < -0.4 is 4.90 Å². The maximum absolute atomic E-state index is 2.44. The molecule has 0 saturated heterocycles. The van der Waals surface area contributed by atoms with E-state index in [-0.39, 0.29) is 5.92 Å². The number of fused-ring (bicyclic) bond motifs is 7. The Bertz CT molecular complexity index is 3200. The van der Waals surface area contributed by atoms with Crippen molar-refractivity contribution >= 4 is 60.6 Å². The predicted molar refractivity (Wildman–Crippen MR) is 246 cm³/mol. The van der Waals surface area contributed by atoms with Gasteiger partial charge in [0.15, 0.2) is 0 Å².